The van der Waals surface area contributed by atoms with Gasteiger partial charge in [0.2, 0.25) is 0 Å². The van der Waals surface area contributed by atoms with Crippen molar-refractivity contribution in [1.82, 2.24) is 9.88 Å². The highest BCUT2D eigenvalue weighted by atomic mass is 19.1. The second-order valence-corrected chi connectivity index (χ2v) is 5.10. The largest absolute Gasteiger partial charge is 0.478 e. The summed E-state index contributed by atoms with van der Waals surface area (Å²) in [6.45, 7) is 2.99. The number of aryl methyl sites for hydroxylation is 1. The van der Waals surface area contributed by atoms with Crippen LogP contribution in [-0.4, -0.2) is 28.0 Å². The van der Waals surface area contributed by atoms with Gasteiger partial charge in [-0.2, -0.15) is 0 Å². The third-order valence-electron chi connectivity index (χ3n) is 3.03. The van der Waals surface area contributed by atoms with Crippen LogP contribution in [0, 0.1) is 12.7 Å². The predicted molar refractivity (Wildman–Crippen MR) is 77.5 cm³/mol. The number of carboxylic acid groups (broad SMARTS) is 1. The van der Waals surface area contributed by atoms with E-state index in [2.05, 4.69) is 4.98 Å². The van der Waals surface area contributed by atoms with Gasteiger partial charge in [-0.3, -0.25) is 9.88 Å². The van der Waals surface area contributed by atoms with Crippen LogP contribution in [0.3, 0.4) is 0 Å². The Morgan fingerprint density at radius 1 is 1.29 bits per heavy atom. The average Bonchev–Trinajstić information content (AvgIpc) is 2.37. The lowest BCUT2D eigenvalue weighted by atomic mass is 10.1. The summed E-state index contributed by atoms with van der Waals surface area (Å²) >= 11 is 0. The standard InChI is InChI=1S/C16H17FN2O2/c1-11-4-3-5-15(18-11)10-19(2)9-12-6-13(16(20)21)8-14(17)7-12/h3-8H,9-10H2,1-2H3,(H,20,21). The Hall–Kier alpha value is -2.27. The molecule has 0 bridgehead atoms. The molecule has 2 rings (SSSR count). The number of benzene rings is 1. The number of carboxylic acids is 1. The van der Waals surface area contributed by atoms with E-state index in [0.717, 1.165) is 17.5 Å². The van der Waals surface area contributed by atoms with E-state index in [1.165, 1.54) is 12.1 Å². The number of rotatable bonds is 5. The van der Waals surface area contributed by atoms with Gasteiger partial charge in [0.15, 0.2) is 0 Å². The Labute approximate surface area is 122 Å². The maximum atomic E-state index is 13.4. The Morgan fingerprint density at radius 3 is 2.71 bits per heavy atom. The minimum Gasteiger partial charge on any atom is -0.478 e. The summed E-state index contributed by atoms with van der Waals surface area (Å²) in [4.78, 5) is 17.3. The van der Waals surface area contributed by atoms with Crippen LogP contribution in [0.25, 0.3) is 0 Å². The van der Waals surface area contributed by atoms with Gasteiger partial charge in [-0.15, -0.1) is 0 Å². The van der Waals surface area contributed by atoms with Gasteiger partial charge >= 0.3 is 5.97 Å². The van der Waals surface area contributed by atoms with Crippen LogP contribution >= 0.6 is 0 Å². The average molecular weight is 288 g/mol. The molecule has 0 saturated carbocycles. The van der Waals surface area contributed by atoms with Crippen molar-refractivity contribution >= 4 is 5.97 Å². The summed E-state index contributed by atoms with van der Waals surface area (Å²) in [5.41, 5.74) is 2.46. The van der Waals surface area contributed by atoms with Crippen LogP contribution in [0.15, 0.2) is 36.4 Å². The van der Waals surface area contributed by atoms with Gasteiger partial charge in [0, 0.05) is 18.8 Å². The molecular formula is C16H17FN2O2. The third kappa shape index (κ3) is 4.36. The number of hydrogen-bond donors (Lipinski definition) is 1. The number of halogens is 1. The highest BCUT2D eigenvalue weighted by Crippen LogP contribution is 2.12. The summed E-state index contributed by atoms with van der Waals surface area (Å²) in [6.07, 6.45) is 0. The number of nitrogens with zero attached hydrogens (tertiary/aromatic N) is 2. The van der Waals surface area contributed by atoms with E-state index >= 15 is 0 Å². The Balaban J connectivity index is 2.09. The van der Waals surface area contributed by atoms with Crippen molar-refractivity contribution in [2.75, 3.05) is 7.05 Å². The molecule has 2 aromatic rings. The Kier molecular flexibility index (Phi) is 4.65. The Bertz CT molecular complexity index is 658. The van der Waals surface area contributed by atoms with Crippen molar-refractivity contribution < 1.29 is 14.3 Å². The summed E-state index contributed by atoms with van der Waals surface area (Å²) < 4.78 is 13.4. The van der Waals surface area contributed by atoms with Crippen molar-refractivity contribution in [1.29, 1.82) is 0 Å². The monoisotopic (exact) mass is 288 g/mol. The zero-order valence-electron chi connectivity index (χ0n) is 12.0. The number of aromatic carboxylic acids is 1. The first kappa shape index (κ1) is 15.1. The first-order chi connectivity index (χ1) is 9.94. The molecule has 110 valence electrons. The highest BCUT2D eigenvalue weighted by molar-refractivity contribution is 5.87. The number of carbonyl (C=O) groups is 1. The zero-order chi connectivity index (χ0) is 15.4. The van der Waals surface area contributed by atoms with Crippen LogP contribution in [0.5, 0.6) is 0 Å². The lowest BCUT2D eigenvalue weighted by molar-refractivity contribution is 0.0696. The molecule has 1 aromatic heterocycles. The summed E-state index contributed by atoms with van der Waals surface area (Å²) in [7, 11) is 1.88. The van der Waals surface area contributed by atoms with Gasteiger partial charge in [0.1, 0.15) is 5.82 Å². The van der Waals surface area contributed by atoms with Gasteiger partial charge in [-0.25, -0.2) is 9.18 Å². The van der Waals surface area contributed by atoms with Crippen LogP contribution in [0.4, 0.5) is 4.39 Å². The number of pyridine rings is 1. The molecule has 0 spiro atoms. The second kappa shape index (κ2) is 6.45. The molecular weight excluding hydrogens is 271 g/mol. The molecule has 5 heteroatoms. The van der Waals surface area contributed by atoms with Gasteiger partial charge in [-0.05, 0) is 49.9 Å². The van der Waals surface area contributed by atoms with E-state index in [-0.39, 0.29) is 5.56 Å². The fourth-order valence-corrected chi connectivity index (χ4v) is 2.20. The summed E-state index contributed by atoms with van der Waals surface area (Å²) in [5, 5.41) is 8.94. The molecule has 0 radical (unpaired) electrons. The molecule has 0 aliphatic rings. The predicted octanol–water partition coefficient (Wildman–Crippen LogP) is 2.86. The van der Waals surface area contributed by atoms with Crippen LogP contribution in [0.1, 0.15) is 27.3 Å². The first-order valence-corrected chi connectivity index (χ1v) is 6.58. The van der Waals surface area contributed by atoms with E-state index < -0.39 is 11.8 Å². The Morgan fingerprint density at radius 2 is 2.05 bits per heavy atom. The van der Waals surface area contributed by atoms with Crippen molar-refractivity contribution in [3.63, 3.8) is 0 Å². The SMILES string of the molecule is Cc1cccc(CN(C)Cc2cc(F)cc(C(=O)O)c2)n1. The molecule has 4 nitrogen and oxygen atoms in total. The van der Waals surface area contributed by atoms with Crippen molar-refractivity contribution in [3.05, 3.63) is 64.7 Å². The molecule has 0 unspecified atom stereocenters. The molecule has 0 aliphatic heterocycles. The van der Waals surface area contributed by atoms with E-state index in [4.69, 9.17) is 5.11 Å². The van der Waals surface area contributed by atoms with Gasteiger partial charge in [0.05, 0.1) is 11.3 Å². The quantitative estimate of drug-likeness (QED) is 0.919. The van der Waals surface area contributed by atoms with Crippen molar-refractivity contribution in [3.8, 4) is 0 Å². The van der Waals surface area contributed by atoms with Gasteiger partial charge < -0.3 is 5.11 Å². The molecule has 0 amide bonds. The molecule has 1 aromatic carbocycles. The minimum absolute atomic E-state index is 0.0351. The molecule has 0 fully saturated rings. The lowest BCUT2D eigenvalue weighted by Crippen LogP contribution is -2.18. The number of aromatic nitrogens is 1. The highest BCUT2D eigenvalue weighted by Gasteiger charge is 2.09. The summed E-state index contributed by atoms with van der Waals surface area (Å²) in [5.74, 6) is -1.66. The maximum Gasteiger partial charge on any atom is 0.335 e. The molecule has 1 heterocycles. The fraction of sp³-hybridized carbons (Fsp3) is 0.250. The van der Waals surface area contributed by atoms with Crippen LogP contribution < -0.4 is 0 Å². The number of hydrogen-bond acceptors (Lipinski definition) is 3. The molecule has 0 aliphatic carbocycles. The molecule has 21 heavy (non-hydrogen) atoms. The normalized spacial score (nSPS) is 10.9. The van der Waals surface area contributed by atoms with E-state index in [0.29, 0.717) is 18.7 Å². The van der Waals surface area contributed by atoms with Crippen LogP contribution in [-0.2, 0) is 13.1 Å². The third-order valence-corrected chi connectivity index (χ3v) is 3.03. The second-order valence-electron chi connectivity index (χ2n) is 5.10. The summed E-state index contributed by atoms with van der Waals surface area (Å²) in [6, 6.07) is 9.66. The van der Waals surface area contributed by atoms with E-state index in [1.807, 2.05) is 37.1 Å². The van der Waals surface area contributed by atoms with Crippen molar-refractivity contribution in [2.24, 2.45) is 0 Å². The zero-order valence-corrected chi connectivity index (χ0v) is 12.0. The molecule has 1 N–H and O–H groups in total. The van der Waals surface area contributed by atoms with E-state index in [9.17, 15) is 9.18 Å². The van der Waals surface area contributed by atoms with Gasteiger partial charge in [-0.1, -0.05) is 6.07 Å². The molecule has 0 atom stereocenters. The molecule has 0 saturated heterocycles. The fourth-order valence-electron chi connectivity index (χ4n) is 2.20. The smallest absolute Gasteiger partial charge is 0.335 e. The minimum atomic E-state index is -1.13. The topological polar surface area (TPSA) is 53.4 Å². The first-order valence-electron chi connectivity index (χ1n) is 6.58. The van der Waals surface area contributed by atoms with E-state index in [1.54, 1.807) is 0 Å². The van der Waals surface area contributed by atoms with Crippen LogP contribution in [0.2, 0.25) is 0 Å². The lowest BCUT2D eigenvalue weighted by Gasteiger charge is -2.17. The van der Waals surface area contributed by atoms with Gasteiger partial charge in [0.25, 0.3) is 0 Å². The van der Waals surface area contributed by atoms with Crippen molar-refractivity contribution in [2.45, 2.75) is 20.0 Å². The maximum absolute atomic E-state index is 13.4.